The highest BCUT2D eigenvalue weighted by molar-refractivity contribution is 5.79. The monoisotopic (exact) mass is 278 g/mol. The number of rotatable bonds is 7. The summed E-state index contributed by atoms with van der Waals surface area (Å²) in [5.74, 6) is -0.356. The number of hydrogen-bond acceptors (Lipinski definition) is 4. The van der Waals surface area contributed by atoms with Crippen LogP contribution in [-0.4, -0.2) is 24.6 Å². The molecule has 1 rings (SSSR count). The lowest BCUT2D eigenvalue weighted by atomic mass is 10.1. The molecular weight excluding hydrogens is 256 g/mol. The van der Waals surface area contributed by atoms with E-state index < -0.39 is 12.0 Å². The Morgan fingerprint density at radius 2 is 1.90 bits per heavy atom. The molecule has 0 aromatic heterocycles. The van der Waals surface area contributed by atoms with E-state index in [1.807, 2.05) is 44.2 Å². The van der Waals surface area contributed by atoms with Gasteiger partial charge in [-0.25, -0.2) is 0 Å². The third-order valence-electron chi connectivity index (χ3n) is 2.72. The molecule has 1 aromatic rings. The van der Waals surface area contributed by atoms with Crippen molar-refractivity contribution in [2.75, 3.05) is 6.73 Å². The lowest BCUT2D eigenvalue weighted by molar-refractivity contribution is -0.147. The van der Waals surface area contributed by atoms with Gasteiger partial charge in [0.25, 0.3) is 0 Å². The summed E-state index contributed by atoms with van der Waals surface area (Å²) in [5.41, 5.74) is 6.58. The number of nitrogens with one attached hydrogen (secondary N) is 1. The molecule has 0 aliphatic carbocycles. The molecule has 0 heterocycles. The molecule has 0 saturated heterocycles. The fourth-order valence-electron chi connectivity index (χ4n) is 1.74. The van der Waals surface area contributed by atoms with E-state index in [9.17, 15) is 9.59 Å². The number of hydrogen-bond donors (Lipinski definition) is 2. The Kier molecular flexibility index (Phi) is 6.73. The predicted octanol–water partition coefficient (Wildman–Crippen LogP) is 1.22. The topological polar surface area (TPSA) is 81.4 Å². The first-order chi connectivity index (χ1) is 9.49. The van der Waals surface area contributed by atoms with E-state index >= 15 is 0 Å². The number of amides is 1. The fraction of sp³-hybridized carbons (Fsp3) is 0.467. The first kappa shape index (κ1) is 16.2. The van der Waals surface area contributed by atoms with Crippen molar-refractivity contribution in [3.05, 3.63) is 35.9 Å². The molecule has 1 amide bonds. The summed E-state index contributed by atoms with van der Waals surface area (Å²) in [6.07, 6.45) is 0.827. The lowest BCUT2D eigenvalue weighted by Gasteiger charge is -2.13. The molecule has 0 aliphatic heterocycles. The zero-order chi connectivity index (χ0) is 15.0. The highest BCUT2D eigenvalue weighted by Crippen LogP contribution is 2.03. The van der Waals surface area contributed by atoms with Gasteiger partial charge < -0.3 is 15.8 Å². The van der Waals surface area contributed by atoms with Gasteiger partial charge in [-0.1, -0.05) is 44.2 Å². The Labute approximate surface area is 119 Å². The van der Waals surface area contributed by atoms with Gasteiger partial charge in [0.05, 0.1) is 6.42 Å². The Hall–Kier alpha value is -1.88. The fourth-order valence-corrected chi connectivity index (χ4v) is 1.74. The van der Waals surface area contributed by atoms with Crippen molar-refractivity contribution < 1.29 is 14.3 Å². The quantitative estimate of drug-likeness (QED) is 0.580. The molecule has 3 N–H and O–H groups in total. The van der Waals surface area contributed by atoms with E-state index in [-0.39, 0.29) is 19.1 Å². The van der Waals surface area contributed by atoms with E-state index in [1.54, 1.807) is 0 Å². The minimum Gasteiger partial charge on any atom is -0.443 e. The Morgan fingerprint density at radius 3 is 2.50 bits per heavy atom. The first-order valence-electron chi connectivity index (χ1n) is 6.72. The van der Waals surface area contributed by atoms with Crippen molar-refractivity contribution in [3.8, 4) is 0 Å². The van der Waals surface area contributed by atoms with Crippen LogP contribution in [-0.2, 0) is 20.7 Å². The normalized spacial score (nSPS) is 12.0. The zero-order valence-electron chi connectivity index (χ0n) is 12.0. The number of benzene rings is 1. The van der Waals surface area contributed by atoms with Gasteiger partial charge in [-0.2, -0.15) is 0 Å². The van der Waals surface area contributed by atoms with Crippen LogP contribution in [0.25, 0.3) is 0 Å². The number of carbonyl (C=O) groups excluding carboxylic acids is 2. The van der Waals surface area contributed by atoms with Gasteiger partial charge in [0.15, 0.2) is 6.73 Å². The molecule has 0 bridgehead atoms. The summed E-state index contributed by atoms with van der Waals surface area (Å²) in [7, 11) is 0. The Morgan fingerprint density at radius 1 is 1.25 bits per heavy atom. The minimum atomic E-state index is -0.638. The van der Waals surface area contributed by atoms with E-state index in [4.69, 9.17) is 10.5 Å². The molecule has 20 heavy (non-hydrogen) atoms. The molecule has 1 atom stereocenters. The third kappa shape index (κ3) is 6.33. The summed E-state index contributed by atoms with van der Waals surface area (Å²) in [4.78, 5) is 23.1. The molecule has 0 fully saturated rings. The lowest BCUT2D eigenvalue weighted by Crippen LogP contribution is -2.37. The van der Waals surface area contributed by atoms with Crippen molar-refractivity contribution in [1.29, 1.82) is 0 Å². The maximum Gasteiger partial charge on any atom is 0.324 e. The highest BCUT2D eigenvalue weighted by atomic mass is 16.5. The summed E-state index contributed by atoms with van der Waals surface area (Å²) < 4.78 is 4.92. The second kappa shape index (κ2) is 8.32. The standard InChI is InChI=1S/C15H22N2O3/c1-11(2)8-13(16)15(19)20-10-17-14(18)9-12-6-4-3-5-7-12/h3-7,11,13H,8-10,16H2,1-2H3,(H,17,18)/t13-/m0/s1. The van der Waals surface area contributed by atoms with E-state index in [0.29, 0.717) is 12.3 Å². The van der Waals surface area contributed by atoms with Crippen molar-refractivity contribution in [2.45, 2.75) is 32.7 Å². The van der Waals surface area contributed by atoms with Gasteiger partial charge in [0.2, 0.25) is 5.91 Å². The van der Waals surface area contributed by atoms with Crippen LogP contribution >= 0.6 is 0 Å². The van der Waals surface area contributed by atoms with Crippen molar-refractivity contribution in [2.24, 2.45) is 11.7 Å². The van der Waals surface area contributed by atoms with Gasteiger partial charge in [-0.15, -0.1) is 0 Å². The predicted molar refractivity (Wildman–Crippen MR) is 76.7 cm³/mol. The number of ether oxygens (including phenoxy) is 1. The van der Waals surface area contributed by atoms with Gasteiger partial charge >= 0.3 is 5.97 Å². The van der Waals surface area contributed by atoms with Crippen LogP contribution in [0.1, 0.15) is 25.8 Å². The average molecular weight is 278 g/mol. The summed E-state index contributed by atoms with van der Waals surface area (Å²) in [6.45, 7) is 3.82. The molecule has 5 nitrogen and oxygen atoms in total. The molecule has 0 spiro atoms. The maximum atomic E-state index is 11.6. The third-order valence-corrected chi connectivity index (χ3v) is 2.72. The Bertz CT molecular complexity index is 432. The molecule has 110 valence electrons. The van der Waals surface area contributed by atoms with Crippen LogP contribution in [0.15, 0.2) is 30.3 Å². The van der Waals surface area contributed by atoms with Crippen LogP contribution < -0.4 is 11.1 Å². The van der Waals surface area contributed by atoms with E-state index in [1.165, 1.54) is 0 Å². The molecule has 5 heteroatoms. The molecule has 0 aliphatic rings. The maximum absolute atomic E-state index is 11.6. The van der Waals surface area contributed by atoms with Gasteiger partial charge in [0.1, 0.15) is 6.04 Å². The van der Waals surface area contributed by atoms with Gasteiger partial charge in [0, 0.05) is 0 Å². The van der Waals surface area contributed by atoms with Crippen LogP contribution in [0.3, 0.4) is 0 Å². The van der Waals surface area contributed by atoms with Crippen molar-refractivity contribution in [3.63, 3.8) is 0 Å². The van der Waals surface area contributed by atoms with E-state index in [2.05, 4.69) is 5.32 Å². The smallest absolute Gasteiger partial charge is 0.324 e. The van der Waals surface area contributed by atoms with Gasteiger partial charge in [-0.3, -0.25) is 9.59 Å². The largest absolute Gasteiger partial charge is 0.443 e. The minimum absolute atomic E-state index is 0.143. The van der Waals surface area contributed by atoms with Crippen LogP contribution in [0.2, 0.25) is 0 Å². The summed E-state index contributed by atoms with van der Waals surface area (Å²) >= 11 is 0. The second-order valence-corrected chi connectivity index (χ2v) is 5.11. The number of esters is 1. The first-order valence-corrected chi connectivity index (χ1v) is 6.72. The van der Waals surface area contributed by atoms with E-state index in [0.717, 1.165) is 5.56 Å². The molecule has 0 unspecified atom stereocenters. The molecular formula is C15H22N2O3. The molecule has 0 saturated carbocycles. The second-order valence-electron chi connectivity index (χ2n) is 5.11. The number of carbonyl (C=O) groups is 2. The van der Waals surface area contributed by atoms with Crippen molar-refractivity contribution in [1.82, 2.24) is 5.32 Å². The Balaban J connectivity index is 2.23. The average Bonchev–Trinajstić information content (AvgIpc) is 2.38. The highest BCUT2D eigenvalue weighted by Gasteiger charge is 2.16. The van der Waals surface area contributed by atoms with Crippen LogP contribution in [0.5, 0.6) is 0 Å². The number of nitrogens with two attached hydrogens (primary N) is 1. The van der Waals surface area contributed by atoms with Crippen LogP contribution in [0, 0.1) is 5.92 Å². The van der Waals surface area contributed by atoms with Gasteiger partial charge in [-0.05, 0) is 17.9 Å². The zero-order valence-corrected chi connectivity index (χ0v) is 12.0. The summed E-state index contributed by atoms with van der Waals surface area (Å²) in [6, 6.07) is 8.72. The molecule has 0 radical (unpaired) electrons. The SMILES string of the molecule is CC(C)C[C@H](N)C(=O)OCNC(=O)Cc1ccccc1. The summed E-state index contributed by atoms with van der Waals surface area (Å²) in [5, 5.41) is 2.53. The van der Waals surface area contributed by atoms with Crippen molar-refractivity contribution >= 4 is 11.9 Å². The molecule has 1 aromatic carbocycles. The van der Waals surface area contributed by atoms with Crippen LogP contribution in [0.4, 0.5) is 0 Å².